The summed E-state index contributed by atoms with van der Waals surface area (Å²) < 4.78 is 4.97. The zero-order valence-corrected chi connectivity index (χ0v) is 11.2. The lowest BCUT2D eigenvalue weighted by atomic mass is 10.1. The largest absolute Gasteiger partial charge is 0.466 e. The second kappa shape index (κ2) is 6.36. The molecule has 0 spiro atoms. The summed E-state index contributed by atoms with van der Waals surface area (Å²) in [4.78, 5) is 25.2. The fourth-order valence-electron chi connectivity index (χ4n) is 2.31. The SMILES string of the molecule is CCOC(=O)[C@@H]1CC(=O)N(CCc2ccccc2)C1. The number of carbonyl (C=O) groups excluding carboxylic acids is 2. The number of hydrogen-bond acceptors (Lipinski definition) is 3. The van der Waals surface area contributed by atoms with Gasteiger partial charge in [-0.2, -0.15) is 0 Å². The number of ether oxygens (including phenoxy) is 1. The van der Waals surface area contributed by atoms with E-state index in [0.29, 0.717) is 19.7 Å². The molecular formula is C15H19NO3. The zero-order chi connectivity index (χ0) is 13.7. The van der Waals surface area contributed by atoms with Crippen molar-refractivity contribution >= 4 is 11.9 Å². The van der Waals surface area contributed by atoms with E-state index in [-0.39, 0.29) is 24.2 Å². The Morgan fingerprint density at radius 3 is 2.79 bits per heavy atom. The van der Waals surface area contributed by atoms with Crippen molar-refractivity contribution in [1.29, 1.82) is 0 Å². The molecule has 4 nitrogen and oxygen atoms in total. The summed E-state index contributed by atoms with van der Waals surface area (Å²) in [6, 6.07) is 10.0. The third kappa shape index (κ3) is 3.56. The van der Waals surface area contributed by atoms with Gasteiger partial charge in [0.25, 0.3) is 0 Å². The van der Waals surface area contributed by atoms with E-state index in [1.807, 2.05) is 30.3 Å². The normalized spacial score (nSPS) is 18.7. The van der Waals surface area contributed by atoms with E-state index in [2.05, 4.69) is 0 Å². The quantitative estimate of drug-likeness (QED) is 0.757. The molecule has 1 atom stereocenters. The molecule has 102 valence electrons. The highest BCUT2D eigenvalue weighted by Gasteiger charge is 2.34. The van der Waals surface area contributed by atoms with E-state index in [1.54, 1.807) is 11.8 Å². The van der Waals surface area contributed by atoms with Crippen LogP contribution in [0.4, 0.5) is 0 Å². The van der Waals surface area contributed by atoms with Crippen LogP contribution in [0.3, 0.4) is 0 Å². The van der Waals surface area contributed by atoms with Gasteiger partial charge in [-0.15, -0.1) is 0 Å². The Kier molecular flexibility index (Phi) is 4.55. The van der Waals surface area contributed by atoms with Gasteiger partial charge in [-0.05, 0) is 18.9 Å². The number of rotatable bonds is 5. The van der Waals surface area contributed by atoms with Crippen LogP contribution in [0, 0.1) is 5.92 Å². The van der Waals surface area contributed by atoms with Crippen LogP contribution < -0.4 is 0 Å². The number of esters is 1. The Bertz CT molecular complexity index is 444. The Hall–Kier alpha value is -1.84. The Morgan fingerprint density at radius 2 is 2.11 bits per heavy atom. The van der Waals surface area contributed by atoms with E-state index < -0.39 is 0 Å². The minimum absolute atomic E-state index is 0.0500. The maximum atomic E-state index is 11.8. The Balaban J connectivity index is 1.85. The first-order chi connectivity index (χ1) is 9.20. The third-order valence-electron chi connectivity index (χ3n) is 3.35. The first-order valence-corrected chi connectivity index (χ1v) is 6.69. The molecule has 0 radical (unpaired) electrons. The van der Waals surface area contributed by atoms with Crippen LogP contribution >= 0.6 is 0 Å². The molecule has 4 heteroatoms. The molecule has 1 fully saturated rings. The van der Waals surface area contributed by atoms with E-state index in [4.69, 9.17) is 4.74 Å². The van der Waals surface area contributed by atoms with Gasteiger partial charge in [0.2, 0.25) is 5.91 Å². The molecule has 2 rings (SSSR count). The molecule has 1 saturated heterocycles. The number of likely N-dealkylation sites (tertiary alicyclic amines) is 1. The topological polar surface area (TPSA) is 46.6 Å². The summed E-state index contributed by atoms with van der Waals surface area (Å²) in [5.74, 6) is -0.490. The fourth-order valence-corrected chi connectivity index (χ4v) is 2.31. The maximum absolute atomic E-state index is 11.8. The number of amides is 1. The molecule has 1 aromatic carbocycles. The van der Waals surface area contributed by atoms with Gasteiger partial charge in [-0.3, -0.25) is 9.59 Å². The third-order valence-corrected chi connectivity index (χ3v) is 3.35. The van der Waals surface area contributed by atoms with E-state index >= 15 is 0 Å². The monoisotopic (exact) mass is 261 g/mol. The number of hydrogen-bond donors (Lipinski definition) is 0. The number of carbonyl (C=O) groups is 2. The highest BCUT2D eigenvalue weighted by atomic mass is 16.5. The predicted molar refractivity (Wildman–Crippen MR) is 71.5 cm³/mol. The molecule has 0 N–H and O–H groups in total. The highest BCUT2D eigenvalue weighted by molar-refractivity contribution is 5.86. The Labute approximate surface area is 113 Å². The lowest BCUT2D eigenvalue weighted by Gasteiger charge is -2.16. The van der Waals surface area contributed by atoms with Crippen molar-refractivity contribution in [3.05, 3.63) is 35.9 Å². The van der Waals surface area contributed by atoms with Crippen LogP contribution in [-0.2, 0) is 20.7 Å². The van der Waals surface area contributed by atoms with Gasteiger partial charge in [-0.1, -0.05) is 30.3 Å². The van der Waals surface area contributed by atoms with Gasteiger partial charge in [0.15, 0.2) is 0 Å². The maximum Gasteiger partial charge on any atom is 0.311 e. The van der Waals surface area contributed by atoms with Crippen LogP contribution in [0.5, 0.6) is 0 Å². The summed E-state index contributed by atoms with van der Waals surface area (Å²) >= 11 is 0. The highest BCUT2D eigenvalue weighted by Crippen LogP contribution is 2.19. The van der Waals surface area contributed by atoms with E-state index in [0.717, 1.165) is 6.42 Å². The summed E-state index contributed by atoms with van der Waals surface area (Å²) in [7, 11) is 0. The van der Waals surface area contributed by atoms with Crippen molar-refractivity contribution < 1.29 is 14.3 Å². The molecule has 1 aliphatic heterocycles. The van der Waals surface area contributed by atoms with Crippen molar-refractivity contribution in [1.82, 2.24) is 4.90 Å². The minimum atomic E-state index is -0.289. The number of benzene rings is 1. The van der Waals surface area contributed by atoms with Gasteiger partial charge >= 0.3 is 5.97 Å². The molecule has 0 aliphatic carbocycles. The zero-order valence-electron chi connectivity index (χ0n) is 11.2. The van der Waals surface area contributed by atoms with Crippen LogP contribution in [0.15, 0.2) is 30.3 Å². The first-order valence-electron chi connectivity index (χ1n) is 6.69. The average Bonchev–Trinajstić information content (AvgIpc) is 2.79. The lowest BCUT2D eigenvalue weighted by molar-refractivity contribution is -0.147. The summed E-state index contributed by atoms with van der Waals surface area (Å²) in [6.45, 7) is 3.30. The van der Waals surface area contributed by atoms with Gasteiger partial charge in [0.1, 0.15) is 0 Å². The first kappa shape index (κ1) is 13.6. The van der Waals surface area contributed by atoms with E-state index in [9.17, 15) is 9.59 Å². The molecule has 19 heavy (non-hydrogen) atoms. The van der Waals surface area contributed by atoms with Gasteiger partial charge in [-0.25, -0.2) is 0 Å². The molecule has 0 bridgehead atoms. The molecular weight excluding hydrogens is 242 g/mol. The minimum Gasteiger partial charge on any atom is -0.466 e. The van der Waals surface area contributed by atoms with Crippen LogP contribution in [-0.4, -0.2) is 36.5 Å². The molecule has 1 heterocycles. The molecule has 0 unspecified atom stereocenters. The lowest BCUT2D eigenvalue weighted by Crippen LogP contribution is -2.28. The molecule has 1 aromatic rings. The van der Waals surface area contributed by atoms with Crippen molar-refractivity contribution in [2.75, 3.05) is 19.7 Å². The van der Waals surface area contributed by atoms with Gasteiger partial charge < -0.3 is 9.64 Å². The van der Waals surface area contributed by atoms with Crippen LogP contribution in [0.1, 0.15) is 18.9 Å². The summed E-state index contributed by atoms with van der Waals surface area (Å²) in [5.41, 5.74) is 1.20. The smallest absolute Gasteiger partial charge is 0.311 e. The molecule has 1 amide bonds. The second-order valence-corrected chi connectivity index (χ2v) is 4.73. The molecule has 0 saturated carbocycles. The fraction of sp³-hybridized carbons (Fsp3) is 0.467. The summed E-state index contributed by atoms with van der Waals surface area (Å²) in [5, 5.41) is 0. The molecule has 1 aliphatic rings. The molecule has 0 aromatic heterocycles. The standard InChI is InChI=1S/C15H19NO3/c1-2-19-15(18)13-10-14(17)16(11-13)9-8-12-6-4-3-5-7-12/h3-7,13H,2,8-11H2,1H3/t13-/m1/s1. The van der Waals surface area contributed by atoms with Crippen molar-refractivity contribution in [3.8, 4) is 0 Å². The average molecular weight is 261 g/mol. The van der Waals surface area contributed by atoms with Crippen molar-refractivity contribution in [2.24, 2.45) is 5.92 Å². The number of nitrogens with zero attached hydrogens (tertiary/aromatic N) is 1. The van der Waals surface area contributed by atoms with E-state index in [1.165, 1.54) is 5.56 Å². The van der Waals surface area contributed by atoms with Gasteiger partial charge in [0.05, 0.1) is 12.5 Å². The van der Waals surface area contributed by atoms with Crippen molar-refractivity contribution in [2.45, 2.75) is 19.8 Å². The predicted octanol–water partition coefficient (Wildman–Crippen LogP) is 1.64. The Morgan fingerprint density at radius 1 is 1.37 bits per heavy atom. The second-order valence-electron chi connectivity index (χ2n) is 4.73. The summed E-state index contributed by atoms with van der Waals surface area (Å²) in [6.07, 6.45) is 1.11. The van der Waals surface area contributed by atoms with Crippen molar-refractivity contribution in [3.63, 3.8) is 0 Å². The van der Waals surface area contributed by atoms with Crippen LogP contribution in [0.25, 0.3) is 0 Å². The van der Waals surface area contributed by atoms with Crippen LogP contribution in [0.2, 0.25) is 0 Å². The van der Waals surface area contributed by atoms with Gasteiger partial charge in [0, 0.05) is 19.5 Å².